The molecule has 1 aromatic carbocycles. The summed E-state index contributed by atoms with van der Waals surface area (Å²) >= 11 is 0. The van der Waals surface area contributed by atoms with E-state index in [1.807, 2.05) is 32.0 Å². The van der Waals surface area contributed by atoms with Crippen molar-refractivity contribution in [3.63, 3.8) is 0 Å². The molecule has 0 amide bonds. The zero-order valence-electron chi connectivity index (χ0n) is 11.0. The molecule has 0 saturated carbocycles. The molecule has 0 fully saturated rings. The Morgan fingerprint density at radius 1 is 1.21 bits per heavy atom. The minimum absolute atomic E-state index is 0.134. The van der Waals surface area contributed by atoms with E-state index in [4.69, 9.17) is 5.73 Å². The van der Waals surface area contributed by atoms with Crippen LogP contribution in [-0.4, -0.2) is 22.7 Å². The van der Waals surface area contributed by atoms with Gasteiger partial charge in [-0.25, -0.2) is 0 Å². The highest BCUT2D eigenvalue weighted by Crippen LogP contribution is 2.26. The van der Waals surface area contributed by atoms with E-state index in [2.05, 4.69) is 0 Å². The van der Waals surface area contributed by atoms with Crippen molar-refractivity contribution in [1.29, 1.82) is 0 Å². The van der Waals surface area contributed by atoms with Crippen molar-refractivity contribution in [3.05, 3.63) is 34.9 Å². The lowest BCUT2D eigenvalue weighted by Crippen LogP contribution is -2.34. The lowest BCUT2D eigenvalue weighted by atomic mass is 10.1. The summed E-state index contributed by atoms with van der Waals surface area (Å²) in [5.74, 6) is -2.00. The van der Waals surface area contributed by atoms with Gasteiger partial charge in [0.05, 0.1) is 5.92 Å². The first-order valence-corrected chi connectivity index (χ1v) is 7.40. The maximum Gasteiger partial charge on any atom is 0.393 e. The Morgan fingerprint density at radius 2 is 1.74 bits per heavy atom. The van der Waals surface area contributed by atoms with Crippen molar-refractivity contribution in [3.8, 4) is 0 Å². The van der Waals surface area contributed by atoms with Crippen LogP contribution in [0.4, 0.5) is 13.2 Å². The van der Waals surface area contributed by atoms with Gasteiger partial charge in [0.2, 0.25) is 0 Å². The normalized spacial score (nSPS) is 15.3. The Balaban J connectivity index is 2.69. The van der Waals surface area contributed by atoms with Gasteiger partial charge >= 0.3 is 6.18 Å². The summed E-state index contributed by atoms with van der Waals surface area (Å²) in [5.41, 5.74) is 7.92. The van der Waals surface area contributed by atoms with Gasteiger partial charge in [0, 0.05) is 28.9 Å². The molecule has 1 aromatic rings. The van der Waals surface area contributed by atoms with Crippen LogP contribution in [0.5, 0.6) is 0 Å². The molecule has 0 aliphatic rings. The van der Waals surface area contributed by atoms with Crippen molar-refractivity contribution in [2.24, 2.45) is 11.7 Å². The molecule has 0 radical (unpaired) electrons. The van der Waals surface area contributed by atoms with Crippen molar-refractivity contribution in [2.75, 3.05) is 12.3 Å². The van der Waals surface area contributed by atoms with Gasteiger partial charge in [-0.3, -0.25) is 4.21 Å². The average molecular weight is 293 g/mol. The van der Waals surface area contributed by atoms with Crippen molar-refractivity contribution >= 4 is 10.8 Å². The Kier molecular flexibility index (Phi) is 5.55. The molecular formula is C13H18F3NOS. The van der Waals surface area contributed by atoms with Crippen molar-refractivity contribution in [2.45, 2.75) is 25.8 Å². The fourth-order valence-corrected chi connectivity index (χ4v) is 3.35. The number of rotatable bonds is 5. The van der Waals surface area contributed by atoms with Crippen molar-refractivity contribution in [1.82, 2.24) is 0 Å². The maximum atomic E-state index is 12.5. The number of aryl methyl sites for hydroxylation is 2. The standard InChI is InChI=1S/C13H18F3NOS/c1-9-3-10(2)5-11(4-9)7-19(18)8-12(6-17)13(14,15)16/h3-5,12H,6-8,17H2,1-2H3. The molecule has 2 N–H and O–H groups in total. The number of hydrogen-bond acceptors (Lipinski definition) is 2. The minimum Gasteiger partial charge on any atom is -0.330 e. The molecule has 2 unspecified atom stereocenters. The number of benzene rings is 1. The van der Waals surface area contributed by atoms with Crippen LogP contribution in [0.1, 0.15) is 16.7 Å². The summed E-state index contributed by atoms with van der Waals surface area (Å²) in [4.78, 5) is 0. The van der Waals surface area contributed by atoms with Crippen LogP contribution in [0, 0.1) is 19.8 Å². The van der Waals surface area contributed by atoms with Gasteiger partial charge in [-0.15, -0.1) is 0 Å². The van der Waals surface area contributed by atoms with E-state index >= 15 is 0 Å². The monoisotopic (exact) mass is 293 g/mol. The number of halogens is 3. The molecule has 0 aromatic heterocycles. The molecular weight excluding hydrogens is 275 g/mol. The highest BCUT2D eigenvalue weighted by Gasteiger charge is 2.39. The minimum atomic E-state index is -4.38. The van der Waals surface area contributed by atoms with Gasteiger partial charge < -0.3 is 5.73 Å². The summed E-state index contributed by atoms with van der Waals surface area (Å²) in [6.45, 7) is 3.28. The predicted octanol–water partition coefficient (Wildman–Crippen LogP) is 2.69. The van der Waals surface area contributed by atoms with E-state index in [1.165, 1.54) is 0 Å². The van der Waals surface area contributed by atoms with Gasteiger partial charge in [0.1, 0.15) is 0 Å². The van der Waals surface area contributed by atoms with E-state index in [9.17, 15) is 17.4 Å². The molecule has 108 valence electrons. The Bertz CT molecular complexity index is 439. The molecule has 19 heavy (non-hydrogen) atoms. The SMILES string of the molecule is Cc1cc(C)cc(CS(=O)CC(CN)C(F)(F)F)c1. The van der Waals surface area contributed by atoms with Gasteiger partial charge in [0.25, 0.3) is 0 Å². The first-order chi connectivity index (χ1) is 8.72. The van der Waals surface area contributed by atoms with E-state index in [-0.39, 0.29) is 5.75 Å². The summed E-state index contributed by atoms with van der Waals surface area (Å²) in [5, 5.41) is 0. The van der Waals surface area contributed by atoms with Crippen LogP contribution in [0.25, 0.3) is 0 Å². The van der Waals surface area contributed by atoms with E-state index in [0.29, 0.717) is 0 Å². The topological polar surface area (TPSA) is 43.1 Å². The fourth-order valence-electron chi connectivity index (χ4n) is 1.92. The van der Waals surface area contributed by atoms with Crippen LogP contribution < -0.4 is 5.73 Å². The summed E-state index contributed by atoms with van der Waals surface area (Å²) in [6.07, 6.45) is -4.38. The molecule has 6 heteroatoms. The van der Waals surface area contributed by atoms with Crippen molar-refractivity contribution < 1.29 is 17.4 Å². The third-order valence-electron chi connectivity index (χ3n) is 2.74. The summed E-state index contributed by atoms with van der Waals surface area (Å²) < 4.78 is 49.4. The smallest absolute Gasteiger partial charge is 0.330 e. The predicted molar refractivity (Wildman–Crippen MR) is 71.2 cm³/mol. The summed E-state index contributed by atoms with van der Waals surface area (Å²) in [6, 6.07) is 5.65. The number of alkyl halides is 3. The van der Waals surface area contributed by atoms with Gasteiger partial charge in [-0.05, 0) is 19.4 Å². The molecule has 0 heterocycles. The number of nitrogens with two attached hydrogens (primary N) is 1. The molecule has 2 atom stereocenters. The third-order valence-corrected chi connectivity index (χ3v) is 4.17. The highest BCUT2D eigenvalue weighted by atomic mass is 32.2. The summed E-state index contributed by atoms with van der Waals surface area (Å²) in [7, 11) is -1.56. The van der Waals surface area contributed by atoms with E-state index in [0.717, 1.165) is 16.7 Å². The Labute approximate surface area is 113 Å². The lowest BCUT2D eigenvalue weighted by Gasteiger charge is -2.17. The fraction of sp³-hybridized carbons (Fsp3) is 0.538. The largest absolute Gasteiger partial charge is 0.393 e. The van der Waals surface area contributed by atoms with Crippen LogP contribution in [0.15, 0.2) is 18.2 Å². The molecule has 0 bridgehead atoms. The number of hydrogen-bond donors (Lipinski definition) is 1. The van der Waals surface area contributed by atoms with E-state index in [1.54, 1.807) is 0 Å². The first kappa shape index (κ1) is 16.2. The molecule has 0 aliphatic carbocycles. The van der Waals surface area contributed by atoms with Crippen LogP contribution in [-0.2, 0) is 16.6 Å². The van der Waals surface area contributed by atoms with Gasteiger partial charge in [-0.2, -0.15) is 13.2 Å². The zero-order valence-corrected chi connectivity index (χ0v) is 11.8. The lowest BCUT2D eigenvalue weighted by molar-refractivity contribution is -0.165. The third kappa shape index (κ3) is 5.32. The Morgan fingerprint density at radius 3 is 2.16 bits per heavy atom. The second kappa shape index (κ2) is 6.52. The molecule has 0 saturated heterocycles. The second-order valence-corrected chi connectivity index (χ2v) is 6.22. The van der Waals surface area contributed by atoms with E-state index < -0.39 is 35.2 Å². The van der Waals surface area contributed by atoms with Crippen LogP contribution in [0.3, 0.4) is 0 Å². The zero-order chi connectivity index (χ0) is 14.6. The molecule has 0 aliphatic heterocycles. The highest BCUT2D eigenvalue weighted by molar-refractivity contribution is 7.84. The molecule has 2 nitrogen and oxygen atoms in total. The molecule has 0 spiro atoms. The van der Waals surface area contributed by atoms with Gasteiger partial charge in [-0.1, -0.05) is 29.3 Å². The van der Waals surface area contributed by atoms with Gasteiger partial charge in [0.15, 0.2) is 0 Å². The first-order valence-electron chi connectivity index (χ1n) is 5.91. The second-order valence-electron chi connectivity index (χ2n) is 4.72. The maximum absolute atomic E-state index is 12.5. The average Bonchev–Trinajstić information content (AvgIpc) is 2.22. The Hall–Kier alpha value is -0.880. The van der Waals surface area contributed by atoms with Crippen LogP contribution in [0.2, 0.25) is 0 Å². The quantitative estimate of drug-likeness (QED) is 0.907. The van der Waals surface area contributed by atoms with Crippen LogP contribution >= 0.6 is 0 Å². The molecule has 1 rings (SSSR count).